The molecule has 6 nitrogen and oxygen atoms in total. The highest BCUT2D eigenvalue weighted by molar-refractivity contribution is 5.48. The molecule has 0 spiro atoms. The summed E-state index contributed by atoms with van der Waals surface area (Å²) in [5.41, 5.74) is 0.942. The molecule has 2 unspecified atom stereocenters. The van der Waals surface area contributed by atoms with E-state index in [-0.39, 0.29) is 23.6 Å². The molecule has 2 atom stereocenters. The SMILES string of the molecule is COc1cc(CN2CCCCC2C(C)O)ccc1[N+](=O)[O-]. The molecule has 1 aromatic carbocycles. The van der Waals surface area contributed by atoms with Gasteiger partial charge >= 0.3 is 5.69 Å². The van der Waals surface area contributed by atoms with Gasteiger partial charge in [-0.2, -0.15) is 0 Å². The van der Waals surface area contributed by atoms with Gasteiger partial charge in [-0.3, -0.25) is 15.0 Å². The van der Waals surface area contributed by atoms with E-state index in [4.69, 9.17) is 4.74 Å². The first kappa shape index (κ1) is 15.7. The molecular formula is C15H22N2O4. The molecule has 1 N–H and O–H groups in total. The maximum atomic E-state index is 10.9. The Morgan fingerprint density at radius 1 is 1.52 bits per heavy atom. The van der Waals surface area contributed by atoms with E-state index in [0.29, 0.717) is 6.54 Å². The van der Waals surface area contributed by atoms with Gasteiger partial charge in [0.2, 0.25) is 0 Å². The number of nitrogens with zero attached hydrogens (tertiary/aromatic N) is 2. The number of likely N-dealkylation sites (tertiary alicyclic amines) is 1. The van der Waals surface area contributed by atoms with Gasteiger partial charge in [0, 0.05) is 18.7 Å². The van der Waals surface area contributed by atoms with E-state index >= 15 is 0 Å². The van der Waals surface area contributed by atoms with Crippen LogP contribution in [0, 0.1) is 10.1 Å². The zero-order chi connectivity index (χ0) is 15.4. The average Bonchev–Trinajstić information content (AvgIpc) is 2.47. The summed E-state index contributed by atoms with van der Waals surface area (Å²) in [5.74, 6) is 0.281. The Bertz CT molecular complexity index is 504. The summed E-state index contributed by atoms with van der Waals surface area (Å²) < 4.78 is 5.10. The maximum absolute atomic E-state index is 10.9. The minimum Gasteiger partial charge on any atom is -0.490 e. The molecular weight excluding hydrogens is 272 g/mol. The van der Waals surface area contributed by atoms with Crippen molar-refractivity contribution in [3.05, 3.63) is 33.9 Å². The number of hydrogen-bond acceptors (Lipinski definition) is 5. The molecule has 1 aliphatic rings. The van der Waals surface area contributed by atoms with E-state index in [1.165, 1.54) is 13.2 Å². The Morgan fingerprint density at radius 3 is 2.90 bits per heavy atom. The summed E-state index contributed by atoms with van der Waals surface area (Å²) in [7, 11) is 1.44. The van der Waals surface area contributed by atoms with Crippen LogP contribution in [0.2, 0.25) is 0 Å². The van der Waals surface area contributed by atoms with Crippen molar-refractivity contribution in [1.29, 1.82) is 0 Å². The second-order valence-electron chi connectivity index (χ2n) is 5.54. The van der Waals surface area contributed by atoms with Crippen LogP contribution in [0.4, 0.5) is 5.69 Å². The third kappa shape index (κ3) is 3.71. The molecule has 1 aliphatic heterocycles. The summed E-state index contributed by atoms with van der Waals surface area (Å²) in [6, 6.07) is 5.11. The average molecular weight is 294 g/mol. The molecule has 21 heavy (non-hydrogen) atoms. The fraction of sp³-hybridized carbons (Fsp3) is 0.600. The lowest BCUT2D eigenvalue weighted by atomic mass is 9.97. The standard InChI is InChI=1S/C15H22N2O4/c1-11(18)13-5-3-4-8-16(13)10-12-6-7-14(17(19)20)15(9-12)21-2/h6-7,9,11,13,18H,3-5,8,10H2,1-2H3. The van der Waals surface area contributed by atoms with Crippen LogP contribution in [-0.2, 0) is 6.54 Å². The first-order chi connectivity index (χ1) is 10.0. The molecule has 1 fully saturated rings. The summed E-state index contributed by atoms with van der Waals surface area (Å²) in [4.78, 5) is 12.7. The molecule has 116 valence electrons. The van der Waals surface area contributed by atoms with Crippen molar-refractivity contribution in [2.24, 2.45) is 0 Å². The smallest absolute Gasteiger partial charge is 0.310 e. The Morgan fingerprint density at radius 2 is 2.29 bits per heavy atom. The predicted molar refractivity (Wildman–Crippen MR) is 79.4 cm³/mol. The Kier molecular flexibility index (Phi) is 5.14. The van der Waals surface area contributed by atoms with E-state index in [9.17, 15) is 15.2 Å². The first-order valence-electron chi connectivity index (χ1n) is 7.26. The molecule has 1 saturated heterocycles. The van der Waals surface area contributed by atoms with Crippen LogP contribution < -0.4 is 4.74 Å². The fourth-order valence-electron chi connectivity index (χ4n) is 2.97. The first-order valence-corrected chi connectivity index (χ1v) is 7.26. The van der Waals surface area contributed by atoms with Crippen molar-refractivity contribution in [3.8, 4) is 5.75 Å². The zero-order valence-electron chi connectivity index (χ0n) is 12.5. The third-order valence-corrected chi connectivity index (χ3v) is 4.05. The van der Waals surface area contributed by atoms with Gasteiger partial charge in [-0.15, -0.1) is 0 Å². The van der Waals surface area contributed by atoms with Gasteiger partial charge in [0.25, 0.3) is 0 Å². The summed E-state index contributed by atoms with van der Waals surface area (Å²) in [6.45, 7) is 3.43. The van der Waals surface area contributed by atoms with E-state index < -0.39 is 4.92 Å². The van der Waals surface area contributed by atoms with Gasteiger partial charge in [0.05, 0.1) is 18.1 Å². The van der Waals surface area contributed by atoms with Gasteiger partial charge in [-0.25, -0.2) is 0 Å². The van der Waals surface area contributed by atoms with Crippen molar-refractivity contribution in [2.75, 3.05) is 13.7 Å². The Balaban J connectivity index is 2.16. The number of piperidine rings is 1. The van der Waals surface area contributed by atoms with Gasteiger partial charge in [0.15, 0.2) is 5.75 Å². The number of aliphatic hydroxyl groups is 1. The monoisotopic (exact) mass is 294 g/mol. The minimum atomic E-state index is -0.442. The Hall–Kier alpha value is -1.66. The quantitative estimate of drug-likeness (QED) is 0.666. The number of nitro groups is 1. The number of hydrogen-bond donors (Lipinski definition) is 1. The van der Waals surface area contributed by atoms with E-state index in [1.54, 1.807) is 12.1 Å². The highest BCUT2D eigenvalue weighted by Crippen LogP contribution is 2.29. The van der Waals surface area contributed by atoms with E-state index in [2.05, 4.69) is 4.90 Å². The molecule has 1 aromatic rings. The largest absolute Gasteiger partial charge is 0.490 e. The number of aliphatic hydroxyl groups excluding tert-OH is 1. The van der Waals surface area contributed by atoms with Gasteiger partial charge < -0.3 is 9.84 Å². The second-order valence-corrected chi connectivity index (χ2v) is 5.54. The number of benzene rings is 1. The number of methoxy groups -OCH3 is 1. The highest BCUT2D eigenvalue weighted by atomic mass is 16.6. The maximum Gasteiger partial charge on any atom is 0.310 e. The molecule has 1 heterocycles. The van der Waals surface area contributed by atoms with E-state index in [1.807, 2.05) is 6.92 Å². The second kappa shape index (κ2) is 6.87. The molecule has 0 amide bonds. The van der Waals surface area contributed by atoms with Gasteiger partial charge in [-0.05, 0) is 37.9 Å². The summed E-state index contributed by atoms with van der Waals surface area (Å²) in [5, 5.41) is 20.8. The highest BCUT2D eigenvalue weighted by Gasteiger charge is 2.26. The summed E-state index contributed by atoms with van der Waals surface area (Å²) in [6.07, 6.45) is 2.87. The lowest BCUT2D eigenvalue weighted by molar-refractivity contribution is -0.385. The number of rotatable bonds is 5. The van der Waals surface area contributed by atoms with E-state index in [0.717, 1.165) is 31.4 Å². The third-order valence-electron chi connectivity index (χ3n) is 4.05. The van der Waals surface area contributed by atoms with Gasteiger partial charge in [-0.1, -0.05) is 12.5 Å². The number of nitro benzene ring substituents is 1. The molecule has 0 aromatic heterocycles. The lowest BCUT2D eigenvalue weighted by Gasteiger charge is -2.37. The minimum absolute atomic E-state index is 0.0213. The van der Waals surface area contributed by atoms with Crippen molar-refractivity contribution in [1.82, 2.24) is 4.90 Å². The molecule has 0 aliphatic carbocycles. The molecule has 6 heteroatoms. The number of ether oxygens (including phenoxy) is 1. The Labute approximate surface area is 124 Å². The fourth-order valence-corrected chi connectivity index (χ4v) is 2.97. The molecule has 2 rings (SSSR count). The van der Waals surface area contributed by atoms with Crippen LogP contribution in [-0.4, -0.2) is 40.7 Å². The van der Waals surface area contributed by atoms with Crippen molar-refractivity contribution in [3.63, 3.8) is 0 Å². The molecule has 0 bridgehead atoms. The van der Waals surface area contributed by atoms with Crippen LogP contribution in [0.15, 0.2) is 18.2 Å². The van der Waals surface area contributed by atoms with Crippen molar-refractivity contribution < 1.29 is 14.8 Å². The normalized spacial score (nSPS) is 21.0. The van der Waals surface area contributed by atoms with Crippen LogP contribution in [0.25, 0.3) is 0 Å². The topological polar surface area (TPSA) is 75.8 Å². The van der Waals surface area contributed by atoms with Crippen molar-refractivity contribution in [2.45, 2.75) is 44.9 Å². The lowest BCUT2D eigenvalue weighted by Crippen LogP contribution is -2.45. The van der Waals surface area contributed by atoms with Crippen LogP contribution in [0.5, 0.6) is 5.75 Å². The van der Waals surface area contributed by atoms with Crippen molar-refractivity contribution >= 4 is 5.69 Å². The van der Waals surface area contributed by atoms with Crippen LogP contribution in [0.1, 0.15) is 31.7 Å². The van der Waals surface area contributed by atoms with Crippen LogP contribution in [0.3, 0.4) is 0 Å². The zero-order valence-corrected chi connectivity index (χ0v) is 12.5. The van der Waals surface area contributed by atoms with Gasteiger partial charge in [0.1, 0.15) is 0 Å². The molecule has 0 radical (unpaired) electrons. The molecule has 0 saturated carbocycles. The predicted octanol–water partition coefficient (Wildman–Crippen LogP) is 2.34. The summed E-state index contributed by atoms with van der Waals surface area (Å²) >= 11 is 0. The van der Waals surface area contributed by atoms with Crippen LogP contribution >= 0.6 is 0 Å².